The third-order valence-corrected chi connectivity index (χ3v) is 11.0. The van der Waals surface area contributed by atoms with Crippen LogP contribution >= 0.6 is 11.3 Å². The van der Waals surface area contributed by atoms with Crippen LogP contribution in [0.3, 0.4) is 0 Å². The van der Waals surface area contributed by atoms with E-state index in [9.17, 15) is 5.11 Å². The molecule has 1 N–H and O–H groups in total. The van der Waals surface area contributed by atoms with E-state index in [0.717, 1.165) is 88.1 Å². The third-order valence-electron chi connectivity index (χ3n) is 9.90. The summed E-state index contributed by atoms with van der Waals surface area (Å²) in [6.07, 6.45) is 0. The Morgan fingerprint density at radius 3 is 1.76 bits per heavy atom. The minimum Gasteiger partial charge on any atom is -0.507 e. The van der Waals surface area contributed by atoms with Gasteiger partial charge in [-0.2, -0.15) is 0 Å². The van der Waals surface area contributed by atoms with Gasteiger partial charge < -0.3 is 5.11 Å². The number of aromatic nitrogens is 3. The number of phenols is 1. The molecular weight excluding hydrogens is 862 g/mol. The number of phenolic OH excluding ortho intramolecular Hbond substituents is 1. The fourth-order valence-electron chi connectivity index (χ4n) is 6.70. The first-order valence-corrected chi connectivity index (χ1v) is 19.2. The number of hydrogen-bond donors (Lipinski definition) is 1. The van der Waals surface area contributed by atoms with Crippen LogP contribution in [-0.4, -0.2) is 20.1 Å². The molecule has 4 nitrogen and oxygen atoms in total. The van der Waals surface area contributed by atoms with Gasteiger partial charge >= 0.3 is 0 Å². The molecule has 7 aromatic rings. The van der Waals surface area contributed by atoms with Gasteiger partial charge in [-0.15, -0.1) is 23.5 Å². The third kappa shape index (κ3) is 7.86. The molecule has 0 radical (unpaired) electrons. The maximum absolute atomic E-state index is 12.0. The smallest absolute Gasteiger partial charge is 0.128 e. The molecule has 4 aromatic carbocycles. The molecule has 0 unspecified atom stereocenters. The van der Waals surface area contributed by atoms with E-state index >= 15 is 0 Å². The summed E-state index contributed by atoms with van der Waals surface area (Å²) in [4.78, 5) is 15.8. The molecule has 7 rings (SSSR count). The monoisotopic (exact) mass is 909 g/mol. The molecule has 0 fully saturated rings. The van der Waals surface area contributed by atoms with Crippen molar-refractivity contribution in [1.29, 1.82) is 0 Å². The summed E-state index contributed by atoms with van der Waals surface area (Å²) in [7, 11) is 0. The molecule has 0 aliphatic heterocycles. The fraction of sp³-hybridized carbons (Fsp3) is 0.271. The van der Waals surface area contributed by atoms with Gasteiger partial charge in [-0.25, -0.2) is 0 Å². The minimum atomic E-state index is -0.269. The zero-order chi connectivity index (χ0) is 37.9. The SMILES string of the molecule is Cc1nc(-c2[c-]c(-c3cc(C(C)(C)C)cc(-c4cc(C(C)(C)C)cc(C(C)(C)C)c4O)n3)c3nc(-c4ccccc4)sc3c2)ccc1-c1ccccc1.[Pt]. The van der Waals surface area contributed by atoms with E-state index in [1.807, 2.05) is 24.3 Å². The Balaban J connectivity index is 0.00000497. The predicted molar refractivity (Wildman–Crippen MR) is 224 cm³/mol. The summed E-state index contributed by atoms with van der Waals surface area (Å²) >= 11 is 1.67. The Morgan fingerprint density at radius 1 is 0.574 bits per heavy atom. The van der Waals surface area contributed by atoms with E-state index in [0.29, 0.717) is 0 Å². The van der Waals surface area contributed by atoms with Crippen LogP contribution in [0.15, 0.2) is 103 Å². The van der Waals surface area contributed by atoms with Gasteiger partial charge in [0.05, 0.1) is 5.69 Å². The van der Waals surface area contributed by atoms with Gasteiger partial charge in [0, 0.05) is 65.9 Å². The quantitative estimate of drug-likeness (QED) is 0.175. The second-order valence-electron chi connectivity index (χ2n) is 17.1. The Kier molecular flexibility index (Phi) is 10.7. The molecule has 0 amide bonds. The largest absolute Gasteiger partial charge is 0.507 e. The number of hydrogen-bond acceptors (Lipinski definition) is 5. The first-order valence-electron chi connectivity index (χ1n) is 18.3. The van der Waals surface area contributed by atoms with E-state index in [4.69, 9.17) is 15.0 Å². The Labute approximate surface area is 339 Å². The van der Waals surface area contributed by atoms with Crippen LogP contribution < -0.4 is 0 Å². The molecule has 3 heterocycles. The molecular formula is C48H48N3OPtS-. The predicted octanol–water partition coefficient (Wildman–Crippen LogP) is 13.1. The Bertz CT molecular complexity index is 2470. The summed E-state index contributed by atoms with van der Waals surface area (Å²) < 4.78 is 1.04. The Morgan fingerprint density at radius 2 is 1.17 bits per heavy atom. The van der Waals surface area contributed by atoms with Crippen molar-refractivity contribution in [3.63, 3.8) is 0 Å². The number of nitrogens with zero attached hydrogens (tertiary/aromatic N) is 3. The van der Waals surface area contributed by atoms with Crippen LogP contribution in [0.4, 0.5) is 0 Å². The molecule has 0 saturated heterocycles. The van der Waals surface area contributed by atoms with E-state index in [1.54, 1.807) is 11.3 Å². The molecule has 0 aliphatic rings. The number of pyridine rings is 2. The topological polar surface area (TPSA) is 58.9 Å². The molecule has 3 aromatic heterocycles. The molecule has 278 valence electrons. The zero-order valence-corrected chi connectivity index (χ0v) is 35.9. The number of rotatable bonds is 5. The second kappa shape index (κ2) is 14.7. The molecule has 6 heteroatoms. The number of benzene rings is 4. The maximum Gasteiger partial charge on any atom is 0.128 e. The average Bonchev–Trinajstić information content (AvgIpc) is 3.55. The van der Waals surface area contributed by atoms with Crippen LogP contribution in [0, 0.1) is 13.0 Å². The summed E-state index contributed by atoms with van der Waals surface area (Å²) in [6.45, 7) is 21.8. The van der Waals surface area contributed by atoms with Crippen molar-refractivity contribution in [2.75, 3.05) is 0 Å². The molecule has 0 spiro atoms. The minimum absolute atomic E-state index is 0. The van der Waals surface area contributed by atoms with Gasteiger partial charge in [-0.3, -0.25) is 15.0 Å². The van der Waals surface area contributed by atoms with Gasteiger partial charge in [-0.05, 0) is 56.7 Å². The van der Waals surface area contributed by atoms with Crippen molar-refractivity contribution in [3.8, 4) is 61.2 Å². The van der Waals surface area contributed by atoms with E-state index < -0.39 is 0 Å². The van der Waals surface area contributed by atoms with Gasteiger partial charge in [0.25, 0.3) is 0 Å². The van der Waals surface area contributed by atoms with Crippen molar-refractivity contribution in [1.82, 2.24) is 15.0 Å². The number of aromatic hydroxyl groups is 1. The van der Waals surface area contributed by atoms with Crippen molar-refractivity contribution in [3.05, 3.63) is 132 Å². The van der Waals surface area contributed by atoms with Crippen LogP contribution in [-0.2, 0) is 37.3 Å². The van der Waals surface area contributed by atoms with Crippen LogP contribution in [0.1, 0.15) is 84.7 Å². The standard InChI is InChI=1S/C48H48N3OS.Pt/c1-29-35(30-17-13-11-14-18-30)21-22-39(49-29)32-23-36(43-42(24-32)53-45(51-43)31-19-15-12-16-20-31)40-27-34(47(5,6)7)28-41(50-40)37-25-33(46(2,3)4)26-38(44(37)52)48(8,9)10;/h11-22,24-28,52H,1-10H3;/q-1;. The summed E-state index contributed by atoms with van der Waals surface area (Å²) in [5, 5.41) is 12.9. The van der Waals surface area contributed by atoms with Gasteiger partial charge in [0.1, 0.15) is 10.8 Å². The number of aryl methyl sites for hydroxylation is 1. The van der Waals surface area contributed by atoms with E-state index in [-0.39, 0.29) is 43.1 Å². The summed E-state index contributed by atoms with van der Waals surface area (Å²) in [6, 6.07) is 39.5. The molecule has 0 aliphatic carbocycles. The van der Waals surface area contributed by atoms with E-state index in [1.165, 1.54) is 0 Å². The first-order chi connectivity index (χ1) is 25.0. The van der Waals surface area contributed by atoms with Gasteiger partial charge in [0.15, 0.2) is 0 Å². The number of thiazole rings is 1. The molecule has 0 bridgehead atoms. The van der Waals surface area contributed by atoms with Crippen molar-refractivity contribution in [2.45, 2.75) is 85.5 Å². The second-order valence-corrected chi connectivity index (χ2v) is 18.2. The molecule has 0 saturated carbocycles. The van der Waals surface area contributed by atoms with Gasteiger partial charge in [-0.1, -0.05) is 158 Å². The fourth-order valence-corrected chi connectivity index (χ4v) is 7.72. The van der Waals surface area contributed by atoms with Crippen molar-refractivity contribution in [2.24, 2.45) is 0 Å². The average molecular weight is 910 g/mol. The van der Waals surface area contributed by atoms with Crippen LogP contribution in [0.25, 0.3) is 65.7 Å². The maximum atomic E-state index is 12.0. The molecule has 0 atom stereocenters. The van der Waals surface area contributed by atoms with Crippen molar-refractivity contribution >= 4 is 21.6 Å². The van der Waals surface area contributed by atoms with Gasteiger partial charge in [0.2, 0.25) is 0 Å². The zero-order valence-electron chi connectivity index (χ0n) is 32.8. The first kappa shape index (κ1) is 39.3. The summed E-state index contributed by atoms with van der Waals surface area (Å²) in [5.41, 5.74) is 12.5. The Hall–Kier alpha value is -4.44. The van der Waals surface area contributed by atoms with E-state index in [2.05, 4.69) is 154 Å². The van der Waals surface area contributed by atoms with Crippen molar-refractivity contribution < 1.29 is 26.2 Å². The summed E-state index contributed by atoms with van der Waals surface area (Å²) in [5.74, 6) is 0.274. The van der Waals surface area contributed by atoms with Crippen LogP contribution in [0.5, 0.6) is 5.75 Å². The number of fused-ring (bicyclic) bond motifs is 1. The molecule has 54 heavy (non-hydrogen) atoms. The van der Waals surface area contributed by atoms with Crippen LogP contribution in [0.2, 0.25) is 0 Å². The normalized spacial score (nSPS) is 12.2.